The van der Waals surface area contributed by atoms with Crippen molar-refractivity contribution in [1.82, 2.24) is 25.4 Å². The predicted molar refractivity (Wildman–Crippen MR) is 100.0 cm³/mol. The van der Waals surface area contributed by atoms with Gasteiger partial charge in [-0.25, -0.2) is 4.99 Å². The molecule has 3 rings (SSSR count). The zero-order valence-electron chi connectivity index (χ0n) is 13.9. The number of aromatic nitrogens is 3. The van der Waals surface area contributed by atoms with Gasteiger partial charge < -0.3 is 19.9 Å². The van der Waals surface area contributed by atoms with Gasteiger partial charge in [0.2, 0.25) is 0 Å². The number of guanidine groups is 1. The van der Waals surface area contributed by atoms with Crippen molar-refractivity contribution in [1.29, 1.82) is 0 Å². The highest BCUT2D eigenvalue weighted by molar-refractivity contribution is 14.0. The fourth-order valence-corrected chi connectivity index (χ4v) is 2.49. The largest absolute Gasteiger partial charge is 0.376 e. The molecule has 2 N–H and O–H groups in total. The normalized spacial score (nSPS) is 21.1. The molecule has 7 nitrogen and oxygen atoms in total. The van der Waals surface area contributed by atoms with Gasteiger partial charge in [0.1, 0.15) is 12.4 Å². The van der Waals surface area contributed by atoms with Gasteiger partial charge in [-0.3, -0.25) is 0 Å². The van der Waals surface area contributed by atoms with Crippen molar-refractivity contribution in [2.24, 2.45) is 18.0 Å². The van der Waals surface area contributed by atoms with E-state index in [4.69, 9.17) is 4.74 Å². The number of aryl methyl sites for hydroxylation is 1. The molecule has 2 heterocycles. The molecule has 0 aromatic carbocycles. The highest BCUT2D eigenvalue weighted by Crippen LogP contribution is 2.27. The second-order valence-corrected chi connectivity index (χ2v) is 6.23. The lowest BCUT2D eigenvalue weighted by Crippen LogP contribution is -2.42. The molecule has 1 saturated carbocycles. The van der Waals surface area contributed by atoms with E-state index in [2.05, 4.69) is 25.8 Å². The summed E-state index contributed by atoms with van der Waals surface area (Å²) >= 11 is 0. The summed E-state index contributed by atoms with van der Waals surface area (Å²) in [7, 11) is 1.97. The zero-order chi connectivity index (χ0) is 15.4. The summed E-state index contributed by atoms with van der Waals surface area (Å²) in [5.74, 6) is 3.45. The van der Waals surface area contributed by atoms with Gasteiger partial charge in [-0.2, -0.15) is 0 Å². The maximum absolute atomic E-state index is 5.65. The summed E-state index contributed by atoms with van der Waals surface area (Å²) in [5.41, 5.74) is 0. The van der Waals surface area contributed by atoms with Crippen LogP contribution in [-0.2, 0) is 18.3 Å². The first-order valence-corrected chi connectivity index (χ1v) is 8.21. The van der Waals surface area contributed by atoms with Crippen molar-refractivity contribution >= 4 is 29.9 Å². The Morgan fingerprint density at radius 2 is 2.04 bits per heavy atom. The van der Waals surface area contributed by atoms with Crippen LogP contribution in [0.1, 0.15) is 37.3 Å². The summed E-state index contributed by atoms with van der Waals surface area (Å²) in [5, 5.41) is 15.1. The number of nitrogens with zero attached hydrogens (tertiary/aromatic N) is 4. The van der Waals surface area contributed by atoms with Gasteiger partial charge >= 0.3 is 0 Å². The molecule has 0 spiro atoms. The Kier molecular flexibility index (Phi) is 7.07. The van der Waals surface area contributed by atoms with Crippen molar-refractivity contribution in [3.63, 3.8) is 0 Å². The van der Waals surface area contributed by atoms with E-state index in [-0.39, 0.29) is 24.0 Å². The van der Waals surface area contributed by atoms with E-state index in [1.54, 1.807) is 0 Å². The molecular formula is C15H27IN6O. The van der Waals surface area contributed by atoms with Crippen LogP contribution < -0.4 is 10.6 Å². The number of halogens is 1. The molecule has 1 unspecified atom stereocenters. The number of ether oxygens (including phenoxy) is 1. The van der Waals surface area contributed by atoms with Crippen LogP contribution in [0.25, 0.3) is 0 Å². The minimum Gasteiger partial charge on any atom is -0.376 e. The van der Waals surface area contributed by atoms with Crippen LogP contribution in [0.15, 0.2) is 4.99 Å². The van der Waals surface area contributed by atoms with E-state index < -0.39 is 0 Å². The van der Waals surface area contributed by atoms with E-state index in [9.17, 15) is 0 Å². The third-order valence-corrected chi connectivity index (χ3v) is 4.34. The number of hydrogen-bond acceptors (Lipinski definition) is 4. The van der Waals surface area contributed by atoms with Crippen molar-refractivity contribution in [3.05, 3.63) is 11.6 Å². The van der Waals surface area contributed by atoms with Crippen molar-refractivity contribution < 1.29 is 4.74 Å². The lowest BCUT2D eigenvalue weighted by atomic mass is 10.2. The Balaban J connectivity index is 0.00000192. The fourth-order valence-electron chi connectivity index (χ4n) is 2.49. The summed E-state index contributed by atoms with van der Waals surface area (Å²) in [6.45, 7) is 5.17. The molecule has 2 fully saturated rings. The molecular weight excluding hydrogens is 407 g/mol. The Labute approximate surface area is 154 Å². The number of aliphatic imine (C=N–C) groups is 1. The standard InChI is InChI=1S/C15H26N6O.HI/c1-11-19-20-14(21(11)2)10-18-15(16-8-12-5-6-12)17-9-13-4-3-7-22-13;/h12-13H,3-10H2,1-2H3,(H2,16,17,18);1H. The van der Waals surface area contributed by atoms with Crippen LogP contribution in [0.3, 0.4) is 0 Å². The third-order valence-electron chi connectivity index (χ3n) is 4.34. The predicted octanol–water partition coefficient (Wildman–Crippen LogP) is 1.37. The molecule has 1 saturated heterocycles. The first kappa shape index (κ1) is 18.4. The topological polar surface area (TPSA) is 76.4 Å². The second-order valence-electron chi connectivity index (χ2n) is 6.23. The van der Waals surface area contributed by atoms with Gasteiger partial charge in [0.05, 0.1) is 6.10 Å². The van der Waals surface area contributed by atoms with E-state index in [0.717, 1.165) is 56.1 Å². The second kappa shape index (κ2) is 8.81. The number of hydrogen-bond donors (Lipinski definition) is 2. The SMILES string of the molecule is Cc1nnc(CN=C(NCC2CC2)NCC2CCCO2)n1C.I. The van der Waals surface area contributed by atoms with E-state index >= 15 is 0 Å². The zero-order valence-corrected chi connectivity index (χ0v) is 16.2. The van der Waals surface area contributed by atoms with Crippen LogP contribution in [0, 0.1) is 12.8 Å². The van der Waals surface area contributed by atoms with E-state index in [1.165, 1.54) is 12.8 Å². The summed E-state index contributed by atoms with van der Waals surface area (Å²) < 4.78 is 7.63. The molecule has 0 radical (unpaired) electrons. The average Bonchev–Trinajstić information content (AvgIpc) is 3.10. The monoisotopic (exact) mass is 434 g/mol. The minimum absolute atomic E-state index is 0. The van der Waals surface area contributed by atoms with Gasteiger partial charge in [-0.1, -0.05) is 0 Å². The van der Waals surface area contributed by atoms with Gasteiger partial charge in [0, 0.05) is 26.7 Å². The average molecular weight is 434 g/mol. The van der Waals surface area contributed by atoms with Crippen LogP contribution in [0.4, 0.5) is 0 Å². The van der Waals surface area contributed by atoms with Crippen molar-refractivity contribution in [3.8, 4) is 0 Å². The molecule has 1 aliphatic heterocycles. The molecule has 8 heteroatoms. The van der Waals surface area contributed by atoms with Gasteiger partial charge in [0.15, 0.2) is 11.8 Å². The first-order valence-electron chi connectivity index (χ1n) is 8.21. The summed E-state index contributed by atoms with van der Waals surface area (Å²) in [6.07, 6.45) is 5.26. The molecule has 1 aliphatic carbocycles. The van der Waals surface area contributed by atoms with Crippen LogP contribution in [0.2, 0.25) is 0 Å². The summed E-state index contributed by atoms with van der Waals surface area (Å²) in [6, 6.07) is 0. The number of nitrogens with one attached hydrogen (secondary N) is 2. The maximum Gasteiger partial charge on any atom is 0.191 e. The highest BCUT2D eigenvalue weighted by atomic mass is 127. The quantitative estimate of drug-likeness (QED) is 0.402. The van der Waals surface area contributed by atoms with E-state index in [1.807, 2.05) is 18.5 Å². The smallest absolute Gasteiger partial charge is 0.191 e. The lowest BCUT2D eigenvalue weighted by molar-refractivity contribution is 0.114. The Bertz CT molecular complexity index is 522. The molecule has 1 aromatic rings. The van der Waals surface area contributed by atoms with E-state index in [0.29, 0.717) is 12.6 Å². The minimum atomic E-state index is 0. The summed E-state index contributed by atoms with van der Waals surface area (Å²) in [4.78, 5) is 4.64. The Hall–Kier alpha value is -0.900. The highest BCUT2D eigenvalue weighted by Gasteiger charge is 2.22. The fraction of sp³-hybridized carbons (Fsp3) is 0.800. The van der Waals surface area contributed by atoms with Crippen LogP contribution in [-0.4, -0.2) is 46.5 Å². The van der Waals surface area contributed by atoms with Crippen molar-refractivity contribution in [2.75, 3.05) is 19.7 Å². The molecule has 1 atom stereocenters. The first-order chi connectivity index (χ1) is 10.7. The van der Waals surface area contributed by atoms with Gasteiger partial charge in [-0.05, 0) is 38.5 Å². The van der Waals surface area contributed by atoms with Crippen LogP contribution in [0.5, 0.6) is 0 Å². The van der Waals surface area contributed by atoms with Gasteiger partial charge in [0.25, 0.3) is 0 Å². The molecule has 0 amide bonds. The number of rotatable bonds is 6. The van der Waals surface area contributed by atoms with Gasteiger partial charge in [-0.15, -0.1) is 34.2 Å². The van der Waals surface area contributed by atoms with Crippen molar-refractivity contribution in [2.45, 2.75) is 45.3 Å². The maximum atomic E-state index is 5.65. The molecule has 1 aromatic heterocycles. The molecule has 23 heavy (non-hydrogen) atoms. The van der Waals surface area contributed by atoms with Crippen LogP contribution >= 0.6 is 24.0 Å². The molecule has 0 bridgehead atoms. The lowest BCUT2D eigenvalue weighted by Gasteiger charge is -2.15. The third kappa shape index (κ3) is 5.59. The Morgan fingerprint density at radius 3 is 2.65 bits per heavy atom. The Morgan fingerprint density at radius 1 is 1.26 bits per heavy atom. The molecule has 2 aliphatic rings. The molecule has 130 valence electrons.